The maximum absolute atomic E-state index is 12.1. The van der Waals surface area contributed by atoms with Gasteiger partial charge in [0.1, 0.15) is 10.7 Å². The van der Waals surface area contributed by atoms with E-state index in [-0.39, 0.29) is 10.8 Å². The Labute approximate surface area is 110 Å². The average Bonchev–Trinajstić information content (AvgIpc) is 2.92. The van der Waals surface area contributed by atoms with Gasteiger partial charge in [0.15, 0.2) is 0 Å². The van der Waals surface area contributed by atoms with Crippen molar-refractivity contribution in [3.05, 3.63) is 36.5 Å². The van der Waals surface area contributed by atoms with Gasteiger partial charge in [0.2, 0.25) is 16.0 Å². The van der Waals surface area contributed by atoms with Gasteiger partial charge in [-0.05, 0) is 19.1 Å². The minimum absolute atomic E-state index is 0.0510. The molecule has 0 amide bonds. The highest BCUT2D eigenvalue weighted by Gasteiger charge is 2.20. The fourth-order valence-corrected chi connectivity index (χ4v) is 2.53. The van der Waals surface area contributed by atoms with E-state index in [1.54, 1.807) is 19.1 Å². The first-order valence-electron chi connectivity index (χ1n) is 5.37. The second-order valence-electron chi connectivity index (χ2n) is 3.75. The van der Waals surface area contributed by atoms with E-state index in [1.165, 1.54) is 18.7 Å². The molecule has 0 aliphatic rings. The zero-order valence-electron chi connectivity index (χ0n) is 10.1. The van der Waals surface area contributed by atoms with Gasteiger partial charge in [-0.1, -0.05) is 0 Å². The molecule has 0 spiro atoms. The van der Waals surface area contributed by atoms with Crippen LogP contribution in [0.4, 0.5) is 5.95 Å². The van der Waals surface area contributed by atoms with Crippen LogP contribution in [0.3, 0.4) is 0 Å². The summed E-state index contributed by atoms with van der Waals surface area (Å²) in [6.45, 7) is 1.67. The summed E-state index contributed by atoms with van der Waals surface area (Å²) in [5.41, 5.74) is 2.22. The third-order valence-corrected chi connectivity index (χ3v) is 3.86. The molecule has 1 atom stereocenters. The van der Waals surface area contributed by atoms with Crippen molar-refractivity contribution >= 4 is 16.0 Å². The number of nitrogens with two attached hydrogens (primary N) is 1. The summed E-state index contributed by atoms with van der Waals surface area (Å²) < 4.78 is 31.7. The van der Waals surface area contributed by atoms with Crippen LogP contribution in [0.5, 0.6) is 0 Å². The summed E-state index contributed by atoms with van der Waals surface area (Å²) in [5.74, 6) is 5.76. The van der Waals surface area contributed by atoms with Crippen molar-refractivity contribution < 1.29 is 12.8 Å². The minimum Gasteiger partial charge on any atom is -0.468 e. The highest BCUT2D eigenvalue weighted by Crippen LogP contribution is 2.16. The molecule has 1 unspecified atom stereocenters. The maximum Gasteiger partial charge on any atom is 0.244 e. The van der Waals surface area contributed by atoms with Gasteiger partial charge in [-0.25, -0.2) is 29.0 Å². The van der Waals surface area contributed by atoms with Crippen LogP contribution in [0.25, 0.3) is 0 Å². The summed E-state index contributed by atoms with van der Waals surface area (Å²) in [6.07, 6.45) is 3.81. The summed E-state index contributed by atoms with van der Waals surface area (Å²) in [4.78, 5) is 7.44. The van der Waals surface area contributed by atoms with Gasteiger partial charge in [0.25, 0.3) is 0 Å². The minimum atomic E-state index is -3.71. The molecule has 2 aromatic rings. The number of anilines is 1. The molecule has 9 heteroatoms. The van der Waals surface area contributed by atoms with E-state index in [4.69, 9.17) is 10.3 Å². The predicted molar refractivity (Wildman–Crippen MR) is 67.3 cm³/mol. The molecule has 0 saturated carbocycles. The lowest BCUT2D eigenvalue weighted by Crippen LogP contribution is -2.27. The molecule has 0 bridgehead atoms. The maximum atomic E-state index is 12.1. The van der Waals surface area contributed by atoms with Crippen LogP contribution in [0.15, 0.2) is 40.1 Å². The van der Waals surface area contributed by atoms with E-state index < -0.39 is 16.1 Å². The molecule has 2 rings (SSSR count). The summed E-state index contributed by atoms with van der Waals surface area (Å²) in [5, 5.41) is 0. The lowest BCUT2D eigenvalue weighted by atomic mass is 10.3. The van der Waals surface area contributed by atoms with Crippen molar-refractivity contribution in [3.8, 4) is 0 Å². The molecule has 4 N–H and O–H groups in total. The van der Waals surface area contributed by atoms with Gasteiger partial charge in [-0.3, -0.25) is 5.43 Å². The van der Waals surface area contributed by atoms with E-state index >= 15 is 0 Å². The van der Waals surface area contributed by atoms with Gasteiger partial charge in [-0.2, -0.15) is 0 Å². The van der Waals surface area contributed by atoms with Gasteiger partial charge in [0, 0.05) is 0 Å². The quantitative estimate of drug-likeness (QED) is 0.536. The molecule has 0 aromatic carbocycles. The van der Waals surface area contributed by atoms with Crippen LogP contribution in [0.2, 0.25) is 0 Å². The van der Waals surface area contributed by atoms with E-state index in [9.17, 15) is 8.42 Å². The van der Waals surface area contributed by atoms with Crippen LogP contribution in [-0.2, 0) is 10.0 Å². The molecule has 0 radical (unpaired) electrons. The first-order chi connectivity index (χ1) is 9.03. The molecule has 0 fully saturated rings. The van der Waals surface area contributed by atoms with E-state index in [1.807, 2.05) is 0 Å². The zero-order chi connectivity index (χ0) is 13.9. The number of sulfonamides is 1. The number of hydrazine groups is 1. The number of nitrogen functional groups attached to an aromatic ring is 1. The largest absolute Gasteiger partial charge is 0.468 e. The van der Waals surface area contributed by atoms with Crippen molar-refractivity contribution in [1.29, 1.82) is 0 Å². The zero-order valence-corrected chi connectivity index (χ0v) is 10.9. The molecule has 102 valence electrons. The van der Waals surface area contributed by atoms with Crippen LogP contribution in [0, 0.1) is 0 Å². The number of hydrogen-bond acceptors (Lipinski definition) is 7. The molecular weight excluding hydrogens is 270 g/mol. The summed E-state index contributed by atoms with van der Waals surface area (Å²) in [7, 11) is -3.71. The van der Waals surface area contributed by atoms with Crippen LogP contribution < -0.4 is 16.0 Å². The number of nitrogens with zero attached hydrogens (tertiary/aromatic N) is 2. The Bertz CT molecular complexity index is 624. The second-order valence-corrected chi connectivity index (χ2v) is 5.46. The van der Waals surface area contributed by atoms with Gasteiger partial charge < -0.3 is 4.42 Å². The van der Waals surface area contributed by atoms with E-state index in [0.717, 1.165) is 0 Å². The Balaban J connectivity index is 2.17. The Morgan fingerprint density at radius 3 is 2.58 bits per heavy atom. The molecule has 2 heterocycles. The summed E-state index contributed by atoms with van der Waals surface area (Å²) >= 11 is 0. The second kappa shape index (κ2) is 5.34. The fraction of sp³-hybridized carbons (Fsp3) is 0.200. The monoisotopic (exact) mass is 283 g/mol. The first-order valence-corrected chi connectivity index (χ1v) is 6.85. The van der Waals surface area contributed by atoms with Crippen LogP contribution in [-0.4, -0.2) is 18.4 Å². The van der Waals surface area contributed by atoms with Crippen LogP contribution in [0.1, 0.15) is 18.7 Å². The molecule has 0 saturated heterocycles. The summed E-state index contributed by atoms with van der Waals surface area (Å²) in [6, 6.07) is 2.88. The Kier molecular flexibility index (Phi) is 3.79. The highest BCUT2D eigenvalue weighted by atomic mass is 32.2. The standard InChI is InChI=1S/C10H13N5O3S/c1-7(9-3-2-4-18-9)15-19(16,17)8-5-12-10(14-11)13-6-8/h2-7,15H,11H2,1H3,(H,12,13,14). The molecule has 2 aromatic heterocycles. The third kappa shape index (κ3) is 3.08. The lowest BCUT2D eigenvalue weighted by Gasteiger charge is -2.11. The number of aromatic nitrogens is 2. The third-order valence-electron chi connectivity index (χ3n) is 2.37. The molecule has 0 aliphatic carbocycles. The Morgan fingerprint density at radius 2 is 2.05 bits per heavy atom. The Hall–Kier alpha value is -1.97. The number of nitrogens with one attached hydrogen (secondary N) is 2. The van der Waals surface area contributed by atoms with Crippen LogP contribution >= 0.6 is 0 Å². The van der Waals surface area contributed by atoms with E-state index in [2.05, 4.69) is 20.1 Å². The molecular formula is C10H13N5O3S. The van der Waals surface area contributed by atoms with Crippen molar-refractivity contribution in [2.75, 3.05) is 5.43 Å². The van der Waals surface area contributed by atoms with Crippen molar-refractivity contribution in [1.82, 2.24) is 14.7 Å². The normalized spacial score (nSPS) is 13.2. The molecule has 0 aliphatic heterocycles. The first kappa shape index (κ1) is 13.5. The van der Waals surface area contributed by atoms with Gasteiger partial charge in [0.05, 0.1) is 24.7 Å². The van der Waals surface area contributed by atoms with Gasteiger partial charge in [-0.15, -0.1) is 0 Å². The number of furan rings is 1. The number of rotatable bonds is 5. The predicted octanol–water partition coefficient (Wildman–Crippen LogP) is 0.395. The lowest BCUT2D eigenvalue weighted by molar-refractivity contribution is 0.459. The molecule has 19 heavy (non-hydrogen) atoms. The number of hydrogen-bond donors (Lipinski definition) is 3. The SMILES string of the molecule is CC(NS(=O)(=O)c1cnc(NN)nc1)c1ccco1. The van der Waals surface area contributed by atoms with Gasteiger partial charge >= 0.3 is 0 Å². The molecule has 8 nitrogen and oxygen atoms in total. The Morgan fingerprint density at radius 1 is 1.37 bits per heavy atom. The van der Waals surface area contributed by atoms with Crippen molar-refractivity contribution in [2.24, 2.45) is 5.84 Å². The highest BCUT2D eigenvalue weighted by molar-refractivity contribution is 7.89. The van der Waals surface area contributed by atoms with Crippen molar-refractivity contribution in [3.63, 3.8) is 0 Å². The average molecular weight is 283 g/mol. The van der Waals surface area contributed by atoms with Crippen molar-refractivity contribution in [2.45, 2.75) is 17.9 Å². The fourth-order valence-electron chi connectivity index (χ4n) is 1.43. The van der Waals surface area contributed by atoms with E-state index in [0.29, 0.717) is 5.76 Å². The topological polar surface area (TPSA) is 123 Å². The smallest absolute Gasteiger partial charge is 0.244 e.